The first-order chi connectivity index (χ1) is 11.6. The minimum absolute atomic E-state index is 0.00286. The van der Waals surface area contributed by atoms with Crippen LogP contribution in [0.5, 0.6) is 5.75 Å². The Morgan fingerprint density at radius 1 is 1.44 bits per heavy atom. The van der Waals surface area contributed by atoms with Gasteiger partial charge in [-0.3, -0.25) is 20.0 Å². The third-order valence-electron chi connectivity index (χ3n) is 3.27. The second kappa shape index (κ2) is 6.89. The van der Waals surface area contributed by atoms with Crippen LogP contribution in [0.25, 0.3) is 0 Å². The van der Waals surface area contributed by atoms with E-state index in [1.165, 1.54) is 6.07 Å². The Morgan fingerprint density at radius 2 is 2.12 bits per heavy atom. The van der Waals surface area contributed by atoms with Crippen molar-refractivity contribution in [1.82, 2.24) is 15.6 Å². The summed E-state index contributed by atoms with van der Waals surface area (Å²) in [4.78, 5) is 22.1. The topological polar surface area (TPSA) is 134 Å². The van der Waals surface area contributed by atoms with Crippen LogP contribution in [0.2, 0.25) is 5.02 Å². The van der Waals surface area contributed by atoms with Crippen LogP contribution in [0, 0.1) is 10.1 Å². The Kier molecular flexibility index (Phi) is 5.07. The van der Waals surface area contributed by atoms with Gasteiger partial charge in [-0.15, -0.1) is 0 Å². The Hall–Kier alpha value is -2.94. The Bertz CT molecular complexity index is 854. The van der Waals surface area contributed by atoms with Crippen LogP contribution in [0.1, 0.15) is 42.5 Å². The van der Waals surface area contributed by atoms with Gasteiger partial charge in [0.05, 0.1) is 11.1 Å². The maximum absolute atomic E-state index is 12.0. The minimum atomic E-state index is -0.769. The van der Waals surface area contributed by atoms with Crippen molar-refractivity contribution in [3.63, 3.8) is 0 Å². The van der Waals surface area contributed by atoms with E-state index in [2.05, 4.69) is 20.7 Å². The third kappa shape index (κ3) is 4.32. The molecule has 9 nitrogen and oxygen atoms in total. The molecule has 0 aliphatic heterocycles. The van der Waals surface area contributed by atoms with Crippen molar-refractivity contribution < 1.29 is 14.8 Å². The lowest BCUT2D eigenvalue weighted by Crippen LogP contribution is -2.18. The summed E-state index contributed by atoms with van der Waals surface area (Å²) < 4.78 is 0. The van der Waals surface area contributed by atoms with E-state index < -0.39 is 22.3 Å². The molecule has 1 aromatic heterocycles. The smallest absolute Gasteiger partial charge is 0.312 e. The molecule has 0 atom stereocenters. The van der Waals surface area contributed by atoms with Crippen LogP contribution in [-0.4, -0.2) is 32.3 Å². The first kappa shape index (κ1) is 18.4. The summed E-state index contributed by atoms with van der Waals surface area (Å²) in [5.41, 5.74) is 2.41. The number of nitrogens with one attached hydrogen (secondary N) is 2. The summed E-state index contributed by atoms with van der Waals surface area (Å²) in [7, 11) is 0. The maximum Gasteiger partial charge on any atom is 0.312 e. The molecule has 0 aliphatic carbocycles. The summed E-state index contributed by atoms with van der Waals surface area (Å²) in [6, 6.07) is 3.91. The molecule has 25 heavy (non-hydrogen) atoms. The fourth-order valence-electron chi connectivity index (χ4n) is 1.88. The van der Waals surface area contributed by atoms with E-state index in [1.54, 1.807) is 6.07 Å². The van der Waals surface area contributed by atoms with Gasteiger partial charge in [-0.1, -0.05) is 32.4 Å². The zero-order valence-corrected chi connectivity index (χ0v) is 14.5. The van der Waals surface area contributed by atoms with Crippen molar-refractivity contribution in [3.8, 4) is 5.75 Å². The maximum atomic E-state index is 12.0. The van der Waals surface area contributed by atoms with E-state index >= 15 is 0 Å². The van der Waals surface area contributed by atoms with Crippen molar-refractivity contribution in [2.75, 3.05) is 0 Å². The Balaban J connectivity index is 2.15. The van der Waals surface area contributed by atoms with Crippen LogP contribution in [0.4, 0.5) is 5.69 Å². The SMILES string of the molecule is CC(C)(C)c1cc(C(=O)N/N=C\c2cc(Cl)cc([N+](=O)[O-])c2O)n[nH]1. The number of phenols is 1. The lowest BCUT2D eigenvalue weighted by atomic mass is 9.92. The van der Waals surface area contributed by atoms with E-state index in [4.69, 9.17) is 11.6 Å². The zero-order valence-electron chi connectivity index (χ0n) is 13.7. The molecule has 1 aromatic carbocycles. The Labute approximate surface area is 147 Å². The van der Waals surface area contributed by atoms with Crippen molar-refractivity contribution in [1.29, 1.82) is 0 Å². The molecule has 0 spiro atoms. The number of nitro benzene ring substituents is 1. The molecular weight excluding hydrogens is 350 g/mol. The van der Waals surface area contributed by atoms with E-state index in [0.29, 0.717) is 0 Å². The van der Waals surface area contributed by atoms with Gasteiger partial charge in [0.15, 0.2) is 5.69 Å². The first-order valence-electron chi connectivity index (χ1n) is 7.16. The molecule has 3 N–H and O–H groups in total. The van der Waals surface area contributed by atoms with Crippen LogP contribution >= 0.6 is 11.6 Å². The zero-order chi connectivity index (χ0) is 18.8. The molecule has 0 radical (unpaired) electrons. The molecule has 1 amide bonds. The van der Waals surface area contributed by atoms with Crippen molar-refractivity contribution in [2.24, 2.45) is 5.10 Å². The van der Waals surface area contributed by atoms with Gasteiger partial charge >= 0.3 is 5.69 Å². The summed E-state index contributed by atoms with van der Waals surface area (Å²) in [6.07, 6.45) is 1.06. The largest absolute Gasteiger partial charge is 0.502 e. The number of aromatic amines is 1. The highest BCUT2D eigenvalue weighted by atomic mass is 35.5. The Morgan fingerprint density at radius 3 is 2.68 bits per heavy atom. The summed E-state index contributed by atoms with van der Waals surface area (Å²) >= 11 is 5.77. The molecule has 2 rings (SSSR count). The summed E-state index contributed by atoms with van der Waals surface area (Å²) in [5.74, 6) is -1.17. The number of hydrazone groups is 1. The predicted octanol–water partition coefficient (Wildman–Crippen LogP) is 2.74. The molecule has 132 valence electrons. The average molecular weight is 366 g/mol. The van der Waals surface area contributed by atoms with Gasteiger partial charge in [0.1, 0.15) is 0 Å². The fraction of sp³-hybridized carbons (Fsp3) is 0.267. The predicted molar refractivity (Wildman–Crippen MR) is 92.1 cm³/mol. The van der Waals surface area contributed by atoms with E-state index in [0.717, 1.165) is 18.0 Å². The number of aromatic hydroxyl groups is 1. The second-order valence-corrected chi connectivity index (χ2v) is 6.67. The molecule has 10 heteroatoms. The molecule has 1 heterocycles. The number of halogens is 1. The van der Waals surface area contributed by atoms with Crippen molar-refractivity contribution in [2.45, 2.75) is 26.2 Å². The lowest BCUT2D eigenvalue weighted by Gasteiger charge is -2.14. The van der Waals surface area contributed by atoms with Crippen molar-refractivity contribution >= 4 is 29.4 Å². The number of benzene rings is 1. The van der Waals surface area contributed by atoms with Crippen LogP contribution in [0.15, 0.2) is 23.3 Å². The van der Waals surface area contributed by atoms with Gasteiger partial charge in [0, 0.05) is 27.8 Å². The number of amides is 1. The number of aromatic nitrogens is 2. The monoisotopic (exact) mass is 365 g/mol. The quantitative estimate of drug-likeness (QED) is 0.435. The van der Waals surface area contributed by atoms with Gasteiger partial charge < -0.3 is 5.11 Å². The number of H-pyrrole nitrogens is 1. The van der Waals surface area contributed by atoms with E-state index in [-0.39, 0.29) is 21.7 Å². The average Bonchev–Trinajstić information content (AvgIpc) is 3.00. The number of nitrogens with zero attached hydrogens (tertiary/aromatic N) is 3. The molecule has 2 aromatic rings. The number of hydrogen-bond acceptors (Lipinski definition) is 6. The molecular formula is C15H16ClN5O4. The number of carbonyl (C=O) groups is 1. The summed E-state index contributed by atoms with van der Waals surface area (Å²) in [6.45, 7) is 5.90. The van der Waals surface area contributed by atoms with E-state index in [1.807, 2.05) is 20.8 Å². The highest BCUT2D eigenvalue weighted by Crippen LogP contribution is 2.32. The number of nitro groups is 1. The highest BCUT2D eigenvalue weighted by Gasteiger charge is 2.20. The third-order valence-corrected chi connectivity index (χ3v) is 3.49. The molecule has 0 aliphatic rings. The van der Waals surface area contributed by atoms with Gasteiger partial charge in [0.25, 0.3) is 5.91 Å². The number of hydrogen-bond donors (Lipinski definition) is 3. The molecule has 0 saturated carbocycles. The molecule has 0 bridgehead atoms. The van der Waals surface area contributed by atoms with Gasteiger partial charge in [-0.25, -0.2) is 5.43 Å². The van der Waals surface area contributed by atoms with Gasteiger partial charge in [-0.05, 0) is 12.1 Å². The summed E-state index contributed by atoms with van der Waals surface area (Å²) in [5, 5.41) is 31.1. The van der Waals surface area contributed by atoms with Gasteiger partial charge in [-0.2, -0.15) is 10.2 Å². The number of phenolic OH excluding ortho intramolecular Hbond substituents is 1. The number of carbonyl (C=O) groups excluding carboxylic acids is 1. The normalized spacial score (nSPS) is 11.7. The molecule has 0 unspecified atom stereocenters. The van der Waals surface area contributed by atoms with Gasteiger partial charge in [0.2, 0.25) is 5.75 Å². The standard InChI is InChI=1S/C15H16ClN5O4/c1-15(2,3)12-6-10(18-19-12)14(23)20-17-7-8-4-9(16)5-11(13(8)22)21(24)25/h4-7,22H,1-3H3,(H,18,19)(H,20,23)/b17-7-. The first-order valence-corrected chi connectivity index (χ1v) is 7.53. The fourth-order valence-corrected chi connectivity index (χ4v) is 2.10. The highest BCUT2D eigenvalue weighted by molar-refractivity contribution is 6.31. The number of rotatable bonds is 4. The van der Waals surface area contributed by atoms with Crippen molar-refractivity contribution in [3.05, 3.63) is 50.3 Å². The second-order valence-electron chi connectivity index (χ2n) is 6.24. The van der Waals surface area contributed by atoms with Crippen LogP contribution in [-0.2, 0) is 5.41 Å². The molecule has 0 fully saturated rings. The minimum Gasteiger partial charge on any atom is -0.502 e. The van der Waals surface area contributed by atoms with Crippen LogP contribution in [0.3, 0.4) is 0 Å². The molecule has 0 saturated heterocycles. The van der Waals surface area contributed by atoms with Crippen LogP contribution < -0.4 is 5.43 Å². The van der Waals surface area contributed by atoms with E-state index in [9.17, 15) is 20.0 Å². The lowest BCUT2D eigenvalue weighted by molar-refractivity contribution is -0.385.